The Hall–Kier alpha value is -0.650. The Morgan fingerprint density at radius 1 is 1.25 bits per heavy atom. The number of rotatable bonds is 4. The zero-order valence-corrected chi connectivity index (χ0v) is 12.5. The molecule has 0 aliphatic carbocycles. The zero-order chi connectivity index (χ0) is 13.9. The molecule has 1 N–H and O–H groups in total. The second kappa shape index (κ2) is 6.41. The SMILES string of the molecule is CCN(CC(=O)N1CCOCC1)C1CC2CCC(C1)N2. The summed E-state index contributed by atoms with van der Waals surface area (Å²) >= 11 is 0. The van der Waals surface area contributed by atoms with Gasteiger partial charge in [-0.1, -0.05) is 6.92 Å². The van der Waals surface area contributed by atoms with Crippen molar-refractivity contribution in [1.82, 2.24) is 15.1 Å². The zero-order valence-electron chi connectivity index (χ0n) is 12.5. The standard InChI is InChI=1S/C15H27N3O2/c1-2-17(11-15(19)18-5-7-20-8-6-18)14-9-12-3-4-13(10-14)16-12/h12-14,16H,2-11H2,1H3. The predicted molar refractivity (Wildman–Crippen MR) is 77.6 cm³/mol. The molecule has 2 unspecified atom stereocenters. The number of morpholine rings is 1. The van der Waals surface area contributed by atoms with Gasteiger partial charge in [0.15, 0.2) is 0 Å². The Balaban J connectivity index is 1.54. The van der Waals surface area contributed by atoms with Crippen molar-refractivity contribution in [3.63, 3.8) is 0 Å². The molecule has 3 rings (SSSR count). The Kier molecular flexibility index (Phi) is 4.58. The van der Waals surface area contributed by atoms with Crippen LogP contribution in [-0.2, 0) is 9.53 Å². The fourth-order valence-electron chi connectivity index (χ4n) is 3.91. The molecule has 3 aliphatic rings. The summed E-state index contributed by atoms with van der Waals surface area (Å²) in [5.74, 6) is 0.279. The average Bonchev–Trinajstić information content (AvgIpc) is 2.83. The fourth-order valence-corrected chi connectivity index (χ4v) is 3.91. The number of carbonyl (C=O) groups is 1. The molecule has 0 aromatic rings. The summed E-state index contributed by atoms with van der Waals surface area (Å²) in [6, 6.07) is 1.96. The second-order valence-electron chi connectivity index (χ2n) is 6.32. The average molecular weight is 281 g/mol. The highest BCUT2D eigenvalue weighted by Crippen LogP contribution is 2.29. The van der Waals surface area contributed by atoms with Crippen LogP contribution < -0.4 is 5.32 Å². The van der Waals surface area contributed by atoms with Gasteiger partial charge in [-0.05, 0) is 32.2 Å². The van der Waals surface area contributed by atoms with Gasteiger partial charge >= 0.3 is 0 Å². The Morgan fingerprint density at radius 3 is 2.50 bits per heavy atom. The van der Waals surface area contributed by atoms with E-state index in [0.29, 0.717) is 37.9 Å². The van der Waals surface area contributed by atoms with Crippen molar-refractivity contribution in [1.29, 1.82) is 0 Å². The number of nitrogens with zero attached hydrogens (tertiary/aromatic N) is 2. The largest absolute Gasteiger partial charge is 0.378 e. The Bertz CT molecular complexity index is 332. The van der Waals surface area contributed by atoms with Gasteiger partial charge in [-0.2, -0.15) is 0 Å². The van der Waals surface area contributed by atoms with E-state index in [9.17, 15) is 4.79 Å². The van der Waals surface area contributed by atoms with Gasteiger partial charge in [0.05, 0.1) is 19.8 Å². The third-order valence-electron chi connectivity index (χ3n) is 5.07. The molecule has 2 atom stereocenters. The van der Waals surface area contributed by atoms with Crippen LogP contribution in [0.5, 0.6) is 0 Å². The van der Waals surface area contributed by atoms with Crippen molar-refractivity contribution >= 4 is 5.91 Å². The first-order chi connectivity index (χ1) is 9.76. The fraction of sp³-hybridized carbons (Fsp3) is 0.933. The smallest absolute Gasteiger partial charge is 0.236 e. The van der Waals surface area contributed by atoms with Crippen molar-refractivity contribution < 1.29 is 9.53 Å². The summed E-state index contributed by atoms with van der Waals surface area (Å²) in [4.78, 5) is 16.8. The number of hydrogen-bond acceptors (Lipinski definition) is 4. The molecule has 5 heteroatoms. The van der Waals surface area contributed by atoms with Gasteiger partial charge in [0.2, 0.25) is 5.91 Å². The van der Waals surface area contributed by atoms with Crippen molar-refractivity contribution in [2.24, 2.45) is 0 Å². The Labute approximate surface area is 121 Å². The number of amides is 1. The molecule has 5 nitrogen and oxygen atoms in total. The van der Waals surface area contributed by atoms with Gasteiger partial charge in [-0.25, -0.2) is 0 Å². The molecular weight excluding hydrogens is 254 g/mol. The lowest BCUT2D eigenvalue weighted by molar-refractivity contribution is -0.137. The van der Waals surface area contributed by atoms with E-state index in [4.69, 9.17) is 4.74 Å². The summed E-state index contributed by atoms with van der Waals surface area (Å²) in [6.07, 6.45) is 5.05. The molecule has 3 aliphatic heterocycles. The van der Waals surface area contributed by atoms with Crippen LogP contribution >= 0.6 is 0 Å². The van der Waals surface area contributed by atoms with Crippen LogP contribution in [0.25, 0.3) is 0 Å². The van der Waals surface area contributed by atoms with Gasteiger partial charge in [-0.15, -0.1) is 0 Å². The molecule has 0 saturated carbocycles. The minimum absolute atomic E-state index is 0.279. The molecule has 0 radical (unpaired) electrons. The van der Waals surface area contributed by atoms with E-state index >= 15 is 0 Å². The minimum atomic E-state index is 0.279. The summed E-state index contributed by atoms with van der Waals surface area (Å²) < 4.78 is 5.32. The lowest BCUT2D eigenvalue weighted by Crippen LogP contribution is -2.52. The maximum atomic E-state index is 12.4. The summed E-state index contributed by atoms with van der Waals surface area (Å²) in [5, 5.41) is 3.68. The van der Waals surface area contributed by atoms with E-state index in [1.54, 1.807) is 0 Å². The third kappa shape index (κ3) is 3.15. The minimum Gasteiger partial charge on any atom is -0.378 e. The number of hydrogen-bond donors (Lipinski definition) is 1. The van der Waals surface area contributed by atoms with Crippen molar-refractivity contribution in [2.45, 2.75) is 50.7 Å². The maximum Gasteiger partial charge on any atom is 0.236 e. The summed E-state index contributed by atoms with van der Waals surface area (Å²) in [7, 11) is 0. The Morgan fingerprint density at radius 2 is 1.90 bits per heavy atom. The van der Waals surface area contributed by atoms with Crippen LogP contribution in [0.1, 0.15) is 32.6 Å². The first kappa shape index (κ1) is 14.3. The second-order valence-corrected chi connectivity index (χ2v) is 6.32. The molecule has 3 heterocycles. The number of carbonyl (C=O) groups excluding carboxylic acids is 1. The van der Waals surface area contributed by atoms with Gasteiger partial charge < -0.3 is 15.0 Å². The van der Waals surface area contributed by atoms with Crippen molar-refractivity contribution in [3.05, 3.63) is 0 Å². The van der Waals surface area contributed by atoms with Gasteiger partial charge in [0.1, 0.15) is 0 Å². The maximum absolute atomic E-state index is 12.4. The van der Waals surface area contributed by atoms with E-state index < -0.39 is 0 Å². The molecule has 1 amide bonds. The number of nitrogens with one attached hydrogen (secondary N) is 1. The van der Waals surface area contributed by atoms with Gasteiger partial charge in [0, 0.05) is 31.2 Å². The number of fused-ring (bicyclic) bond motifs is 2. The molecule has 0 spiro atoms. The lowest BCUT2D eigenvalue weighted by Gasteiger charge is -2.38. The lowest BCUT2D eigenvalue weighted by atomic mass is 9.98. The summed E-state index contributed by atoms with van der Waals surface area (Å²) in [6.45, 7) is 6.63. The van der Waals surface area contributed by atoms with E-state index in [0.717, 1.165) is 19.6 Å². The topological polar surface area (TPSA) is 44.8 Å². The van der Waals surface area contributed by atoms with Crippen molar-refractivity contribution in [2.75, 3.05) is 39.4 Å². The van der Waals surface area contributed by atoms with Gasteiger partial charge in [0.25, 0.3) is 0 Å². The molecular formula is C15H27N3O2. The molecule has 20 heavy (non-hydrogen) atoms. The predicted octanol–water partition coefficient (Wildman–Crippen LogP) is 0.450. The first-order valence-corrected chi connectivity index (χ1v) is 8.12. The normalized spacial score (nSPS) is 33.7. The number of likely N-dealkylation sites (N-methyl/N-ethyl adjacent to an activating group) is 1. The monoisotopic (exact) mass is 281 g/mol. The summed E-state index contributed by atoms with van der Waals surface area (Å²) in [5.41, 5.74) is 0. The van der Waals surface area contributed by atoms with Crippen LogP contribution in [0.15, 0.2) is 0 Å². The van der Waals surface area contributed by atoms with Crippen LogP contribution in [0.3, 0.4) is 0 Å². The third-order valence-corrected chi connectivity index (χ3v) is 5.07. The first-order valence-electron chi connectivity index (χ1n) is 8.12. The van der Waals surface area contributed by atoms with Crippen LogP contribution in [0.2, 0.25) is 0 Å². The van der Waals surface area contributed by atoms with Crippen molar-refractivity contribution in [3.8, 4) is 0 Å². The van der Waals surface area contributed by atoms with Crippen LogP contribution in [0.4, 0.5) is 0 Å². The highest BCUT2D eigenvalue weighted by atomic mass is 16.5. The van der Waals surface area contributed by atoms with E-state index in [1.165, 1.54) is 25.7 Å². The molecule has 0 aromatic heterocycles. The number of piperidine rings is 1. The highest BCUT2D eigenvalue weighted by molar-refractivity contribution is 5.78. The molecule has 3 saturated heterocycles. The molecule has 2 bridgehead atoms. The molecule has 114 valence electrons. The van der Waals surface area contributed by atoms with Gasteiger partial charge in [-0.3, -0.25) is 9.69 Å². The molecule has 3 fully saturated rings. The number of ether oxygens (including phenoxy) is 1. The quantitative estimate of drug-likeness (QED) is 0.813. The van der Waals surface area contributed by atoms with Crippen LogP contribution in [0, 0.1) is 0 Å². The van der Waals surface area contributed by atoms with E-state index in [-0.39, 0.29) is 5.91 Å². The molecule has 0 aromatic carbocycles. The van der Waals surface area contributed by atoms with E-state index in [1.807, 2.05) is 4.90 Å². The highest BCUT2D eigenvalue weighted by Gasteiger charge is 2.36. The van der Waals surface area contributed by atoms with E-state index in [2.05, 4.69) is 17.1 Å². The van der Waals surface area contributed by atoms with Crippen LogP contribution in [-0.4, -0.2) is 73.2 Å².